The number of rotatable bonds is 2. The van der Waals surface area contributed by atoms with Gasteiger partial charge in [0.25, 0.3) is 0 Å². The Labute approximate surface area is 108 Å². The molecule has 0 heterocycles. The average molecular weight is 291 g/mol. The Bertz CT molecular complexity index is 579. The number of aryl methyl sites for hydroxylation is 1. The summed E-state index contributed by atoms with van der Waals surface area (Å²) in [5.41, 5.74) is 0.557. The molecule has 0 saturated carbocycles. The van der Waals surface area contributed by atoms with Gasteiger partial charge >= 0.3 is 0 Å². The van der Waals surface area contributed by atoms with Gasteiger partial charge in [-0.1, -0.05) is 40.2 Å². The van der Waals surface area contributed by atoms with Gasteiger partial charge in [-0.3, -0.25) is 4.79 Å². The van der Waals surface area contributed by atoms with Gasteiger partial charge < -0.3 is 4.74 Å². The zero-order valence-electron chi connectivity index (χ0n) is 9.31. The topological polar surface area (TPSA) is 26.3 Å². The van der Waals surface area contributed by atoms with Gasteiger partial charge in [-0.15, -0.1) is 0 Å². The quantitative estimate of drug-likeness (QED) is 0.838. The predicted molar refractivity (Wildman–Crippen MR) is 71.7 cm³/mol. The molecule has 2 aromatic carbocycles. The van der Waals surface area contributed by atoms with Crippen molar-refractivity contribution in [1.82, 2.24) is 0 Å². The summed E-state index contributed by atoms with van der Waals surface area (Å²) in [6.07, 6.45) is 0. The first kappa shape index (κ1) is 11.9. The summed E-state index contributed by atoms with van der Waals surface area (Å²) >= 11 is 3.35. The van der Waals surface area contributed by atoms with Crippen LogP contribution in [0.1, 0.15) is 5.56 Å². The smallest absolute Gasteiger partial charge is 0.223 e. The minimum absolute atomic E-state index is 0.0976. The molecule has 0 aromatic heterocycles. The summed E-state index contributed by atoms with van der Waals surface area (Å²) in [5.74, 6) is 0.979. The minimum atomic E-state index is -0.0976. The van der Waals surface area contributed by atoms with E-state index in [9.17, 15) is 4.79 Å². The molecular formula is C14H11BrO2. The maximum absolute atomic E-state index is 12.0. The van der Waals surface area contributed by atoms with Crippen LogP contribution in [0.15, 0.2) is 57.8 Å². The van der Waals surface area contributed by atoms with Gasteiger partial charge in [0.1, 0.15) is 5.75 Å². The van der Waals surface area contributed by atoms with Crippen LogP contribution in [-0.2, 0) is 0 Å². The normalized spacial score (nSPS) is 10.0. The Morgan fingerprint density at radius 2 is 1.76 bits per heavy atom. The largest absolute Gasteiger partial charge is 0.453 e. The van der Waals surface area contributed by atoms with E-state index in [1.165, 1.54) is 0 Å². The minimum Gasteiger partial charge on any atom is -0.453 e. The highest BCUT2D eigenvalue weighted by Gasteiger charge is 2.04. The fourth-order valence-corrected chi connectivity index (χ4v) is 1.74. The molecule has 0 bridgehead atoms. The van der Waals surface area contributed by atoms with E-state index in [2.05, 4.69) is 15.9 Å². The molecule has 2 rings (SSSR count). The molecule has 0 aliphatic rings. The van der Waals surface area contributed by atoms with Crippen LogP contribution >= 0.6 is 15.9 Å². The third-order valence-electron chi connectivity index (χ3n) is 2.31. The number of hydrogen-bond acceptors (Lipinski definition) is 2. The molecule has 0 spiro atoms. The lowest BCUT2D eigenvalue weighted by Gasteiger charge is -2.02. The third kappa shape index (κ3) is 2.94. The summed E-state index contributed by atoms with van der Waals surface area (Å²) in [6, 6.07) is 14.5. The number of benzene rings is 1. The van der Waals surface area contributed by atoms with Gasteiger partial charge in [0.15, 0.2) is 5.75 Å². The first-order chi connectivity index (χ1) is 8.16. The van der Waals surface area contributed by atoms with E-state index >= 15 is 0 Å². The van der Waals surface area contributed by atoms with E-state index in [1.807, 2.05) is 36.4 Å². The van der Waals surface area contributed by atoms with Crippen molar-refractivity contribution in [2.24, 2.45) is 0 Å². The van der Waals surface area contributed by atoms with Crippen molar-refractivity contribution in [3.8, 4) is 11.5 Å². The van der Waals surface area contributed by atoms with Gasteiger partial charge in [-0.25, -0.2) is 0 Å². The maximum Gasteiger partial charge on any atom is 0.223 e. The molecule has 0 unspecified atom stereocenters. The zero-order chi connectivity index (χ0) is 12.3. The van der Waals surface area contributed by atoms with E-state index < -0.39 is 0 Å². The third-order valence-corrected chi connectivity index (χ3v) is 2.81. The molecule has 3 heteroatoms. The van der Waals surface area contributed by atoms with E-state index in [0.29, 0.717) is 17.1 Å². The molecule has 86 valence electrons. The monoisotopic (exact) mass is 290 g/mol. The van der Waals surface area contributed by atoms with Gasteiger partial charge in [0, 0.05) is 10.0 Å². The maximum atomic E-state index is 12.0. The van der Waals surface area contributed by atoms with Crippen molar-refractivity contribution < 1.29 is 4.74 Å². The summed E-state index contributed by atoms with van der Waals surface area (Å²) in [4.78, 5) is 12.0. The van der Waals surface area contributed by atoms with Crippen LogP contribution in [0.4, 0.5) is 0 Å². The molecule has 0 amide bonds. The van der Waals surface area contributed by atoms with E-state index in [0.717, 1.165) is 4.47 Å². The Balaban J connectivity index is 2.47. The lowest BCUT2D eigenvalue weighted by molar-refractivity contribution is 0.478. The number of hydrogen-bond donors (Lipinski definition) is 0. The van der Waals surface area contributed by atoms with Gasteiger partial charge in [0.05, 0.1) is 0 Å². The molecule has 0 aliphatic heterocycles. The molecule has 0 radical (unpaired) electrons. The SMILES string of the molecule is Cc1ccc(Br)cc(Oc2ccccc2)c1=O. The number of para-hydroxylation sites is 1. The van der Waals surface area contributed by atoms with E-state index in [-0.39, 0.29) is 5.43 Å². The van der Waals surface area contributed by atoms with Crippen LogP contribution in [0.25, 0.3) is 0 Å². The highest BCUT2D eigenvalue weighted by molar-refractivity contribution is 9.10. The Hall–Kier alpha value is -1.61. The summed E-state index contributed by atoms with van der Waals surface area (Å²) in [5, 5.41) is 0. The van der Waals surface area contributed by atoms with Gasteiger partial charge in [0.2, 0.25) is 5.43 Å². The second kappa shape index (κ2) is 5.15. The molecule has 0 fully saturated rings. The second-order valence-electron chi connectivity index (χ2n) is 3.65. The van der Waals surface area contributed by atoms with Crippen molar-refractivity contribution in [1.29, 1.82) is 0 Å². The van der Waals surface area contributed by atoms with Crippen LogP contribution in [0.5, 0.6) is 11.5 Å². The van der Waals surface area contributed by atoms with Crippen molar-refractivity contribution in [3.05, 3.63) is 68.8 Å². The Kier molecular flexibility index (Phi) is 3.59. The standard InChI is InChI=1S/C14H11BrO2/c1-10-7-8-11(15)9-13(14(10)16)17-12-5-3-2-4-6-12/h2-9H,1H3. The first-order valence-corrected chi connectivity index (χ1v) is 5.99. The Morgan fingerprint density at radius 3 is 2.47 bits per heavy atom. The molecule has 0 aliphatic carbocycles. The average Bonchev–Trinajstić information content (AvgIpc) is 2.45. The van der Waals surface area contributed by atoms with Gasteiger partial charge in [-0.05, 0) is 31.2 Å². The van der Waals surface area contributed by atoms with Gasteiger partial charge in [-0.2, -0.15) is 0 Å². The van der Waals surface area contributed by atoms with E-state index in [1.54, 1.807) is 19.1 Å². The first-order valence-electron chi connectivity index (χ1n) is 5.20. The molecule has 2 aromatic rings. The lowest BCUT2D eigenvalue weighted by atomic mass is 10.3. The fourth-order valence-electron chi connectivity index (χ4n) is 1.40. The summed E-state index contributed by atoms with van der Waals surface area (Å²) in [7, 11) is 0. The van der Waals surface area contributed by atoms with Crippen molar-refractivity contribution in [2.75, 3.05) is 0 Å². The second-order valence-corrected chi connectivity index (χ2v) is 4.57. The van der Waals surface area contributed by atoms with Crippen LogP contribution in [-0.4, -0.2) is 0 Å². The highest BCUT2D eigenvalue weighted by Crippen LogP contribution is 2.20. The molecule has 0 atom stereocenters. The predicted octanol–water partition coefficient (Wildman–Crippen LogP) is 3.91. The van der Waals surface area contributed by atoms with Crippen LogP contribution in [0.2, 0.25) is 0 Å². The van der Waals surface area contributed by atoms with Crippen molar-refractivity contribution in [2.45, 2.75) is 6.92 Å². The summed E-state index contributed by atoms with van der Waals surface area (Å²) in [6.45, 7) is 1.77. The van der Waals surface area contributed by atoms with Crippen LogP contribution in [0.3, 0.4) is 0 Å². The highest BCUT2D eigenvalue weighted by atomic mass is 79.9. The van der Waals surface area contributed by atoms with E-state index in [4.69, 9.17) is 4.74 Å². The molecular weight excluding hydrogens is 280 g/mol. The molecule has 2 nitrogen and oxygen atoms in total. The molecule has 17 heavy (non-hydrogen) atoms. The van der Waals surface area contributed by atoms with Crippen LogP contribution < -0.4 is 10.2 Å². The van der Waals surface area contributed by atoms with Crippen molar-refractivity contribution in [3.63, 3.8) is 0 Å². The fraction of sp³-hybridized carbons (Fsp3) is 0.0714. The van der Waals surface area contributed by atoms with Crippen molar-refractivity contribution >= 4 is 15.9 Å². The lowest BCUT2D eigenvalue weighted by Crippen LogP contribution is -2.04. The molecule has 0 saturated heterocycles. The van der Waals surface area contributed by atoms with Crippen LogP contribution in [0, 0.1) is 6.92 Å². The Morgan fingerprint density at radius 1 is 1.06 bits per heavy atom. The zero-order valence-corrected chi connectivity index (χ0v) is 10.9. The number of ether oxygens (including phenoxy) is 1. The molecule has 0 N–H and O–H groups in total. The number of halogens is 1. The summed E-state index contributed by atoms with van der Waals surface area (Å²) < 4.78 is 6.40.